The van der Waals surface area contributed by atoms with Gasteiger partial charge in [0.15, 0.2) is 0 Å². The van der Waals surface area contributed by atoms with Gasteiger partial charge in [0.25, 0.3) is 0 Å². The first-order valence-electron chi connectivity index (χ1n) is 4.48. The highest BCUT2D eigenvalue weighted by atomic mass is 32.2. The van der Waals surface area contributed by atoms with Gasteiger partial charge in [-0.3, -0.25) is 4.18 Å². The van der Waals surface area contributed by atoms with Crippen molar-refractivity contribution in [3.05, 3.63) is 35.4 Å². The molecule has 1 unspecified atom stereocenters. The van der Waals surface area contributed by atoms with Crippen molar-refractivity contribution in [2.24, 2.45) is 0 Å². The van der Waals surface area contributed by atoms with Gasteiger partial charge in [-0.1, -0.05) is 17.7 Å². The molecular formula is C10H12O4S. The van der Waals surface area contributed by atoms with Gasteiger partial charge in [0.1, 0.15) is 0 Å². The highest BCUT2D eigenvalue weighted by Crippen LogP contribution is 2.06. The quantitative estimate of drug-likeness (QED) is 0.788. The average molecular weight is 228 g/mol. The zero-order valence-electron chi connectivity index (χ0n) is 8.56. The second-order valence-electron chi connectivity index (χ2n) is 2.85. The molecule has 82 valence electrons. The topological polar surface area (TPSA) is 52.6 Å². The van der Waals surface area contributed by atoms with E-state index in [1.165, 1.54) is 0 Å². The summed E-state index contributed by atoms with van der Waals surface area (Å²) >= 11 is -2.01. The van der Waals surface area contributed by atoms with Crippen LogP contribution in [0, 0.1) is 6.92 Å². The fourth-order valence-corrected chi connectivity index (χ4v) is 1.38. The number of hydrogen-bond donors (Lipinski definition) is 0. The largest absolute Gasteiger partial charge is 0.363 e. The predicted molar refractivity (Wildman–Crippen MR) is 56.4 cm³/mol. The molecule has 0 saturated carbocycles. The molecule has 0 radical (unpaired) electrons. The second-order valence-corrected chi connectivity index (χ2v) is 3.66. The van der Waals surface area contributed by atoms with Crippen molar-refractivity contribution in [3.63, 3.8) is 0 Å². The molecule has 0 bridgehead atoms. The molecule has 4 nitrogen and oxygen atoms in total. The summed E-state index contributed by atoms with van der Waals surface area (Å²) < 4.78 is 20.1. The Labute approximate surface area is 91.1 Å². The van der Waals surface area contributed by atoms with Crippen LogP contribution in [0.25, 0.3) is 0 Å². The smallest absolute Gasteiger partial charge is 0.339 e. The molecule has 0 saturated heterocycles. The van der Waals surface area contributed by atoms with Crippen molar-refractivity contribution in [1.29, 1.82) is 0 Å². The molecule has 1 aromatic carbocycles. The minimum Gasteiger partial charge on any atom is -0.339 e. The lowest BCUT2D eigenvalue weighted by Gasteiger charge is -2.02. The lowest BCUT2D eigenvalue weighted by atomic mass is 10.2. The molecule has 0 spiro atoms. The second kappa shape index (κ2) is 5.63. The minimum atomic E-state index is -2.01. The Kier molecular flexibility index (Phi) is 4.45. The van der Waals surface area contributed by atoms with Crippen LogP contribution >= 0.6 is 0 Å². The van der Waals surface area contributed by atoms with E-state index in [1.807, 2.05) is 6.92 Å². The Morgan fingerprint density at radius 3 is 2.47 bits per heavy atom. The summed E-state index contributed by atoms with van der Waals surface area (Å²) in [6.07, 6.45) is 0. The van der Waals surface area contributed by atoms with Crippen LogP contribution in [0.4, 0.5) is 0 Å². The SMILES string of the molecule is CCOS(=O)OC(=O)c1ccc(C)cc1. The highest BCUT2D eigenvalue weighted by Gasteiger charge is 2.11. The Balaban J connectivity index is 2.61. The summed E-state index contributed by atoms with van der Waals surface area (Å²) in [7, 11) is 0. The molecule has 0 aliphatic heterocycles. The zero-order chi connectivity index (χ0) is 11.3. The van der Waals surface area contributed by atoms with Crippen molar-refractivity contribution in [2.45, 2.75) is 13.8 Å². The molecule has 0 N–H and O–H groups in total. The Morgan fingerprint density at radius 2 is 1.93 bits per heavy atom. The Morgan fingerprint density at radius 1 is 1.33 bits per heavy atom. The maximum absolute atomic E-state index is 11.3. The molecule has 0 amide bonds. The van der Waals surface area contributed by atoms with E-state index in [-0.39, 0.29) is 6.61 Å². The van der Waals surface area contributed by atoms with Crippen LogP contribution in [0.1, 0.15) is 22.8 Å². The van der Waals surface area contributed by atoms with E-state index in [4.69, 9.17) is 0 Å². The Bertz CT molecular complexity index is 358. The van der Waals surface area contributed by atoms with E-state index >= 15 is 0 Å². The zero-order valence-corrected chi connectivity index (χ0v) is 9.37. The molecule has 1 rings (SSSR count). The van der Waals surface area contributed by atoms with Crippen LogP contribution in [0.2, 0.25) is 0 Å². The van der Waals surface area contributed by atoms with Crippen molar-refractivity contribution in [3.8, 4) is 0 Å². The standard InChI is InChI=1S/C10H12O4S/c1-3-13-15(12)14-10(11)9-6-4-8(2)5-7-9/h4-7H,3H2,1-2H3. The summed E-state index contributed by atoms with van der Waals surface area (Å²) in [6.45, 7) is 3.80. The van der Waals surface area contributed by atoms with E-state index in [2.05, 4.69) is 8.37 Å². The van der Waals surface area contributed by atoms with Crippen LogP contribution in [0.5, 0.6) is 0 Å². The normalized spacial score (nSPS) is 12.1. The van der Waals surface area contributed by atoms with Gasteiger partial charge in [-0.15, -0.1) is 0 Å². The third-order valence-corrected chi connectivity index (χ3v) is 2.36. The number of carbonyl (C=O) groups is 1. The van der Waals surface area contributed by atoms with Crippen molar-refractivity contribution in [2.75, 3.05) is 6.61 Å². The number of aryl methyl sites for hydroxylation is 1. The van der Waals surface area contributed by atoms with Crippen LogP contribution in [-0.4, -0.2) is 16.8 Å². The van der Waals surface area contributed by atoms with Crippen LogP contribution in [0.15, 0.2) is 24.3 Å². The third-order valence-electron chi connectivity index (χ3n) is 1.65. The van der Waals surface area contributed by atoms with Gasteiger partial charge >= 0.3 is 17.3 Å². The summed E-state index contributed by atoms with van der Waals surface area (Å²) in [6, 6.07) is 6.78. The molecule has 5 heteroatoms. The molecule has 0 aromatic heterocycles. The number of hydrogen-bond acceptors (Lipinski definition) is 4. The first-order chi connectivity index (χ1) is 7.13. The van der Waals surface area contributed by atoms with Crippen molar-refractivity contribution < 1.29 is 17.4 Å². The minimum absolute atomic E-state index is 0.230. The maximum atomic E-state index is 11.3. The first kappa shape index (κ1) is 11.9. The summed E-state index contributed by atoms with van der Waals surface area (Å²) in [5, 5.41) is 0. The predicted octanol–water partition coefficient (Wildman–Crippen LogP) is 1.77. The van der Waals surface area contributed by atoms with E-state index in [0.717, 1.165) is 5.56 Å². The molecule has 0 aliphatic carbocycles. The van der Waals surface area contributed by atoms with Crippen molar-refractivity contribution in [1.82, 2.24) is 0 Å². The van der Waals surface area contributed by atoms with Gasteiger partial charge in [-0.2, -0.15) is 4.21 Å². The van der Waals surface area contributed by atoms with Crippen LogP contribution in [-0.2, 0) is 19.7 Å². The van der Waals surface area contributed by atoms with Crippen LogP contribution < -0.4 is 0 Å². The third kappa shape index (κ3) is 3.81. The van der Waals surface area contributed by atoms with E-state index in [1.54, 1.807) is 31.2 Å². The summed E-state index contributed by atoms with van der Waals surface area (Å²) in [4.78, 5) is 11.3. The highest BCUT2D eigenvalue weighted by molar-refractivity contribution is 7.75. The lowest BCUT2D eigenvalue weighted by Crippen LogP contribution is -2.09. The summed E-state index contributed by atoms with van der Waals surface area (Å²) in [5.41, 5.74) is 1.39. The fraction of sp³-hybridized carbons (Fsp3) is 0.300. The molecule has 1 atom stereocenters. The monoisotopic (exact) mass is 228 g/mol. The van der Waals surface area contributed by atoms with E-state index in [0.29, 0.717) is 5.56 Å². The lowest BCUT2D eigenvalue weighted by molar-refractivity contribution is 0.0734. The van der Waals surface area contributed by atoms with E-state index in [9.17, 15) is 9.00 Å². The number of benzene rings is 1. The summed E-state index contributed by atoms with van der Waals surface area (Å²) in [5.74, 6) is -0.651. The van der Waals surface area contributed by atoms with Crippen molar-refractivity contribution >= 4 is 17.3 Å². The first-order valence-corrected chi connectivity index (χ1v) is 5.48. The molecular weight excluding hydrogens is 216 g/mol. The van der Waals surface area contributed by atoms with Gasteiger partial charge < -0.3 is 4.18 Å². The van der Waals surface area contributed by atoms with Gasteiger partial charge in [0.2, 0.25) is 0 Å². The number of rotatable bonds is 4. The van der Waals surface area contributed by atoms with E-state index < -0.39 is 17.3 Å². The van der Waals surface area contributed by atoms with Gasteiger partial charge in [-0.25, -0.2) is 4.79 Å². The molecule has 0 aliphatic rings. The Hall–Kier alpha value is -1.20. The van der Waals surface area contributed by atoms with Gasteiger partial charge in [-0.05, 0) is 26.0 Å². The molecule has 1 aromatic rings. The van der Waals surface area contributed by atoms with Gasteiger partial charge in [0, 0.05) is 0 Å². The molecule has 0 fully saturated rings. The van der Waals surface area contributed by atoms with Crippen LogP contribution in [0.3, 0.4) is 0 Å². The van der Waals surface area contributed by atoms with Gasteiger partial charge in [0.05, 0.1) is 12.2 Å². The average Bonchev–Trinajstić information content (AvgIpc) is 2.18. The molecule has 0 heterocycles. The fourth-order valence-electron chi connectivity index (χ4n) is 0.920. The number of carbonyl (C=O) groups excluding carboxylic acids is 1. The maximum Gasteiger partial charge on any atom is 0.363 e. The molecule has 15 heavy (non-hydrogen) atoms.